The molecule has 0 radical (unpaired) electrons. The first kappa shape index (κ1) is 37.0. The molecule has 2 aromatic rings. The van der Waals surface area contributed by atoms with Crippen LogP contribution >= 0.6 is 0 Å². The number of methoxy groups -OCH3 is 1. The summed E-state index contributed by atoms with van der Waals surface area (Å²) < 4.78 is 18.1. The van der Waals surface area contributed by atoms with Gasteiger partial charge in [-0.2, -0.15) is 0 Å². The maximum absolute atomic E-state index is 13.7. The number of nitrogens with zero attached hydrogens (tertiary/aromatic N) is 2. The van der Waals surface area contributed by atoms with Crippen molar-refractivity contribution in [1.29, 1.82) is 0 Å². The number of hydrogen-bond acceptors (Lipinski definition) is 7. The van der Waals surface area contributed by atoms with Gasteiger partial charge >= 0.3 is 11.9 Å². The minimum absolute atomic E-state index is 0.0185. The van der Waals surface area contributed by atoms with E-state index in [1.807, 2.05) is 18.2 Å². The van der Waals surface area contributed by atoms with Crippen LogP contribution in [0.15, 0.2) is 46.9 Å². The van der Waals surface area contributed by atoms with Gasteiger partial charge in [-0.15, -0.1) is 10.2 Å². The first-order valence-corrected chi connectivity index (χ1v) is 20.8. The molecule has 0 spiro atoms. The van der Waals surface area contributed by atoms with Gasteiger partial charge in [0.15, 0.2) is 0 Å². The van der Waals surface area contributed by atoms with Crippen LogP contribution in [0.25, 0.3) is 11.5 Å². The van der Waals surface area contributed by atoms with Crippen LogP contribution in [0.4, 0.5) is 0 Å². The molecule has 6 fully saturated rings. The maximum Gasteiger partial charge on any atom is 0.310 e. The largest absolute Gasteiger partial charge is 0.469 e. The molecule has 0 aliphatic heterocycles. The zero-order valence-electron chi connectivity index (χ0n) is 33.9. The van der Waals surface area contributed by atoms with Crippen molar-refractivity contribution in [3.05, 3.63) is 48.4 Å². The van der Waals surface area contributed by atoms with E-state index in [1.165, 1.54) is 38.4 Å². The van der Waals surface area contributed by atoms with Gasteiger partial charge in [-0.05, 0) is 140 Å². The van der Waals surface area contributed by atoms with Crippen molar-refractivity contribution >= 4 is 11.9 Å². The molecule has 8 rings (SSSR count). The summed E-state index contributed by atoms with van der Waals surface area (Å²) in [7, 11) is 1.42. The predicted octanol–water partition coefficient (Wildman–Crippen LogP) is 10.4. The Bertz CT molecular complexity index is 1780. The quantitative estimate of drug-likeness (QED) is 0.207. The van der Waals surface area contributed by atoms with Crippen molar-refractivity contribution in [1.82, 2.24) is 10.2 Å². The number of esters is 2. The minimum atomic E-state index is -0.251. The van der Waals surface area contributed by atoms with Crippen molar-refractivity contribution < 1.29 is 23.5 Å². The number of fused-ring (bicyclic) bond motifs is 7. The molecular weight excluding hydrogens is 661 g/mol. The Morgan fingerprint density at radius 1 is 0.830 bits per heavy atom. The summed E-state index contributed by atoms with van der Waals surface area (Å²) >= 11 is 0. The summed E-state index contributed by atoms with van der Waals surface area (Å²) in [4.78, 5) is 25.8. The first-order valence-electron chi connectivity index (χ1n) is 20.8. The second-order valence-electron chi connectivity index (χ2n) is 20.6. The van der Waals surface area contributed by atoms with Gasteiger partial charge in [0.05, 0.1) is 18.4 Å². The van der Waals surface area contributed by atoms with Crippen LogP contribution in [0.3, 0.4) is 0 Å². The Morgan fingerprint density at radius 2 is 1.57 bits per heavy atom. The van der Waals surface area contributed by atoms with Crippen LogP contribution in [-0.4, -0.2) is 35.3 Å². The van der Waals surface area contributed by atoms with E-state index in [9.17, 15) is 9.59 Å². The average molecular weight is 725 g/mol. The fourth-order valence-electron chi connectivity index (χ4n) is 14.9. The first-order chi connectivity index (χ1) is 25.0. The number of aromatic nitrogens is 2. The molecule has 7 nitrogen and oxygen atoms in total. The molecule has 53 heavy (non-hydrogen) atoms. The summed E-state index contributed by atoms with van der Waals surface area (Å²) in [5.74, 6) is 3.43. The summed E-state index contributed by atoms with van der Waals surface area (Å²) in [6.45, 7) is 23.7. The molecular formula is C46H64N2O5. The topological polar surface area (TPSA) is 91.5 Å². The Hall–Kier alpha value is -2.96. The molecule has 1 aromatic carbocycles. The van der Waals surface area contributed by atoms with Crippen molar-refractivity contribution in [2.24, 2.45) is 68.5 Å². The van der Waals surface area contributed by atoms with E-state index in [0.717, 1.165) is 50.0 Å². The number of carbonyl (C=O) groups excluding carboxylic acids is 2. The molecule has 6 saturated carbocycles. The summed E-state index contributed by atoms with van der Waals surface area (Å²) in [6.07, 6.45) is 11.5. The standard InChI is InChI=1S/C46H64N2O5/c1-27(2)29-18-23-46(40-48-47-38(53-40)28-14-12-11-13-15-28)25-24-44(8)30(36(29)46)16-17-33-43(7)21-20-34(42(5,6)32(43)19-22-45(33,44)9)52-39(50)37-31(41(37,3)4)26-35(49)51-10/h11-15,29-34,36-37H,1,16-26H2,2-10H3/t29-,30+,31+,32-,33+,34-,36+,37+,43-,44+,45+,46-/m0/s1. The summed E-state index contributed by atoms with van der Waals surface area (Å²) in [6, 6.07) is 10.2. The fraction of sp³-hybridized carbons (Fsp3) is 0.739. The van der Waals surface area contributed by atoms with Gasteiger partial charge in [0.1, 0.15) is 6.10 Å². The van der Waals surface area contributed by atoms with Crippen molar-refractivity contribution in [3.63, 3.8) is 0 Å². The molecule has 1 aromatic heterocycles. The molecule has 0 saturated heterocycles. The zero-order valence-corrected chi connectivity index (χ0v) is 33.9. The number of benzene rings is 1. The lowest BCUT2D eigenvalue weighted by molar-refractivity contribution is -0.246. The molecule has 1 heterocycles. The highest BCUT2D eigenvalue weighted by molar-refractivity contribution is 5.80. The number of carbonyl (C=O) groups is 2. The van der Waals surface area contributed by atoms with E-state index in [-0.39, 0.29) is 68.8 Å². The number of ether oxygens (including phenoxy) is 2. The van der Waals surface area contributed by atoms with Gasteiger partial charge in [0, 0.05) is 17.4 Å². The highest BCUT2D eigenvalue weighted by Gasteiger charge is 2.72. The van der Waals surface area contributed by atoms with Crippen LogP contribution in [0, 0.1) is 68.5 Å². The Kier molecular flexibility index (Phi) is 8.56. The second-order valence-corrected chi connectivity index (χ2v) is 20.6. The van der Waals surface area contributed by atoms with Crippen LogP contribution in [-0.2, 0) is 24.5 Å². The van der Waals surface area contributed by atoms with Crippen molar-refractivity contribution in [2.75, 3.05) is 7.11 Å². The number of hydrogen-bond donors (Lipinski definition) is 0. The molecule has 0 amide bonds. The Balaban J connectivity index is 1.05. The van der Waals surface area contributed by atoms with Crippen LogP contribution in [0.1, 0.15) is 132 Å². The number of allylic oxidation sites excluding steroid dienone is 1. The van der Waals surface area contributed by atoms with Gasteiger partial charge in [0.25, 0.3) is 0 Å². The highest BCUT2D eigenvalue weighted by Crippen LogP contribution is 2.78. The van der Waals surface area contributed by atoms with E-state index in [4.69, 9.17) is 19.0 Å². The van der Waals surface area contributed by atoms with Gasteiger partial charge in [-0.25, -0.2) is 0 Å². The fourth-order valence-corrected chi connectivity index (χ4v) is 14.9. The third-order valence-corrected chi connectivity index (χ3v) is 18.1. The molecule has 12 atom stereocenters. The van der Waals surface area contributed by atoms with Gasteiger partial charge in [-0.3, -0.25) is 9.59 Å². The lowest BCUT2D eigenvalue weighted by Crippen LogP contribution is -2.67. The Labute approximate surface area is 317 Å². The lowest BCUT2D eigenvalue weighted by atomic mass is 9.32. The van der Waals surface area contributed by atoms with Crippen LogP contribution in [0.2, 0.25) is 0 Å². The SMILES string of the molecule is C=C(C)[C@@H]1CC[C@]2(c3nnc(-c4ccccc4)o3)CC[C@]3(C)[C@H](CC[C@@H]4[C@@]5(C)CC[C@H](OC(=O)[C@H]6[C@@H](CC(=O)OC)C6(C)C)C(C)(C)[C@@H]5CC[C@]43C)[C@@H]12. The third kappa shape index (κ3) is 5.16. The lowest BCUT2D eigenvalue weighted by Gasteiger charge is -2.72. The van der Waals surface area contributed by atoms with E-state index < -0.39 is 0 Å². The van der Waals surface area contributed by atoms with E-state index >= 15 is 0 Å². The molecule has 288 valence electrons. The van der Waals surface area contributed by atoms with E-state index in [1.54, 1.807) is 0 Å². The highest BCUT2D eigenvalue weighted by atomic mass is 16.5. The van der Waals surface area contributed by atoms with Gasteiger partial charge in [-0.1, -0.05) is 78.8 Å². The molecule has 0 unspecified atom stereocenters. The van der Waals surface area contributed by atoms with Crippen LogP contribution < -0.4 is 0 Å². The molecule has 0 N–H and O–H groups in total. The normalized spacial score (nSPS) is 43.3. The summed E-state index contributed by atoms with van der Waals surface area (Å²) in [5, 5.41) is 9.48. The smallest absolute Gasteiger partial charge is 0.310 e. The average Bonchev–Trinajstić information content (AvgIpc) is 3.49. The van der Waals surface area contributed by atoms with Gasteiger partial charge in [0.2, 0.25) is 11.8 Å². The minimum Gasteiger partial charge on any atom is -0.469 e. The molecule has 0 bridgehead atoms. The second kappa shape index (κ2) is 12.3. The third-order valence-electron chi connectivity index (χ3n) is 18.1. The predicted molar refractivity (Wildman–Crippen MR) is 205 cm³/mol. The molecule has 7 heteroatoms. The van der Waals surface area contributed by atoms with Crippen molar-refractivity contribution in [3.8, 4) is 11.5 Å². The molecule has 6 aliphatic rings. The van der Waals surface area contributed by atoms with Gasteiger partial charge < -0.3 is 13.9 Å². The van der Waals surface area contributed by atoms with Crippen molar-refractivity contribution in [2.45, 2.75) is 138 Å². The van der Waals surface area contributed by atoms with E-state index in [2.05, 4.69) is 79.2 Å². The maximum atomic E-state index is 13.7. The van der Waals surface area contributed by atoms with Crippen LogP contribution in [0.5, 0.6) is 0 Å². The monoisotopic (exact) mass is 724 g/mol. The zero-order chi connectivity index (χ0) is 37.9. The number of rotatable bonds is 7. The van der Waals surface area contributed by atoms with E-state index in [0.29, 0.717) is 35.5 Å². The summed E-state index contributed by atoms with van der Waals surface area (Å²) in [5.41, 5.74) is 2.39. The Morgan fingerprint density at radius 3 is 2.26 bits per heavy atom. The molecule has 6 aliphatic carbocycles.